The molecule has 0 aliphatic carbocycles. The highest BCUT2D eigenvalue weighted by Gasteiger charge is 2.06. The van der Waals surface area contributed by atoms with E-state index >= 15 is 0 Å². The van der Waals surface area contributed by atoms with Gasteiger partial charge in [-0.1, -0.05) is 24.3 Å². The second kappa shape index (κ2) is 11.8. The fourth-order valence-electron chi connectivity index (χ4n) is 2.32. The van der Waals surface area contributed by atoms with Crippen molar-refractivity contribution in [1.82, 2.24) is 0 Å². The van der Waals surface area contributed by atoms with Crippen molar-refractivity contribution in [2.45, 2.75) is 13.8 Å². The SMILES string of the molecule is C/C(=N/N=C(N)N)c1cccc(NC(=O)Nc2cccc(/C(C)=N\N=C(N)N)c2)c1.Cl. The average molecular weight is 445 g/mol. The topological polar surface area (TPSA) is 195 Å². The lowest BCUT2D eigenvalue weighted by Gasteiger charge is -2.10. The highest BCUT2D eigenvalue weighted by Crippen LogP contribution is 2.15. The van der Waals surface area contributed by atoms with Crippen LogP contribution in [0.4, 0.5) is 16.2 Å². The van der Waals surface area contributed by atoms with Crippen LogP contribution in [-0.4, -0.2) is 29.4 Å². The first-order valence-electron chi connectivity index (χ1n) is 8.80. The summed E-state index contributed by atoms with van der Waals surface area (Å²) < 4.78 is 0. The molecule has 0 radical (unpaired) electrons. The minimum absolute atomic E-state index is 0. The van der Waals surface area contributed by atoms with Crippen molar-refractivity contribution in [2.24, 2.45) is 43.3 Å². The minimum Gasteiger partial charge on any atom is -0.369 e. The van der Waals surface area contributed by atoms with E-state index in [4.69, 9.17) is 22.9 Å². The van der Waals surface area contributed by atoms with Gasteiger partial charge in [-0.15, -0.1) is 22.6 Å². The van der Waals surface area contributed by atoms with Crippen molar-refractivity contribution < 1.29 is 4.79 Å². The van der Waals surface area contributed by atoms with Crippen LogP contribution in [0.3, 0.4) is 0 Å². The normalized spacial score (nSPS) is 11.0. The van der Waals surface area contributed by atoms with Crippen LogP contribution in [0.25, 0.3) is 0 Å². The number of hydrogen-bond donors (Lipinski definition) is 6. The van der Waals surface area contributed by atoms with Gasteiger partial charge in [0.15, 0.2) is 0 Å². The number of urea groups is 1. The predicted molar refractivity (Wildman–Crippen MR) is 129 cm³/mol. The number of nitrogens with two attached hydrogens (primary N) is 4. The van der Waals surface area contributed by atoms with Crippen molar-refractivity contribution in [3.05, 3.63) is 59.7 Å². The summed E-state index contributed by atoms with van der Waals surface area (Å²) in [4.78, 5) is 12.4. The number of carbonyl (C=O) groups excluding carboxylic acids is 1. The van der Waals surface area contributed by atoms with E-state index in [9.17, 15) is 4.79 Å². The Bertz CT molecular complexity index is 956. The minimum atomic E-state index is -0.415. The number of guanidine groups is 2. The van der Waals surface area contributed by atoms with Crippen molar-refractivity contribution in [3.8, 4) is 0 Å². The van der Waals surface area contributed by atoms with Gasteiger partial charge in [0, 0.05) is 11.4 Å². The fourth-order valence-corrected chi connectivity index (χ4v) is 2.32. The van der Waals surface area contributed by atoms with Crippen molar-refractivity contribution >= 4 is 53.2 Å². The number of halogens is 1. The van der Waals surface area contributed by atoms with E-state index < -0.39 is 6.03 Å². The van der Waals surface area contributed by atoms with Crippen LogP contribution < -0.4 is 33.6 Å². The lowest BCUT2D eigenvalue weighted by atomic mass is 10.1. The lowest BCUT2D eigenvalue weighted by molar-refractivity contribution is 0.262. The van der Waals surface area contributed by atoms with Gasteiger partial charge in [0.2, 0.25) is 11.9 Å². The first-order valence-corrected chi connectivity index (χ1v) is 8.80. The molecule has 2 rings (SSSR count). The third-order valence-electron chi connectivity index (χ3n) is 3.71. The quantitative estimate of drug-likeness (QED) is 0.224. The van der Waals surface area contributed by atoms with Gasteiger partial charge in [-0.25, -0.2) is 4.79 Å². The summed E-state index contributed by atoms with van der Waals surface area (Å²) in [6, 6.07) is 13.8. The molecular weight excluding hydrogens is 420 g/mol. The van der Waals surface area contributed by atoms with Crippen LogP contribution in [0.15, 0.2) is 68.9 Å². The molecule has 0 unspecified atom stereocenters. The molecule has 2 aromatic carbocycles. The van der Waals surface area contributed by atoms with E-state index in [1.165, 1.54) is 0 Å². The van der Waals surface area contributed by atoms with E-state index in [1.807, 2.05) is 12.1 Å². The molecule has 2 aromatic rings. The molecule has 10 N–H and O–H groups in total. The largest absolute Gasteiger partial charge is 0.369 e. The van der Waals surface area contributed by atoms with Gasteiger partial charge in [0.05, 0.1) is 11.4 Å². The second-order valence-corrected chi connectivity index (χ2v) is 6.16. The zero-order chi connectivity index (χ0) is 22.1. The number of benzene rings is 2. The van der Waals surface area contributed by atoms with E-state index in [0.29, 0.717) is 22.8 Å². The molecule has 0 spiro atoms. The molecule has 2 amide bonds. The number of amides is 2. The number of hydrogen-bond acceptors (Lipinski definition) is 5. The van der Waals surface area contributed by atoms with Crippen molar-refractivity contribution in [3.63, 3.8) is 0 Å². The van der Waals surface area contributed by atoms with Crippen molar-refractivity contribution in [2.75, 3.05) is 10.6 Å². The Morgan fingerprint density at radius 3 is 1.45 bits per heavy atom. The summed E-state index contributed by atoms with van der Waals surface area (Å²) in [6.45, 7) is 3.51. The number of nitrogens with zero attached hydrogens (tertiary/aromatic N) is 4. The van der Waals surface area contributed by atoms with Crippen LogP contribution in [0.5, 0.6) is 0 Å². The van der Waals surface area contributed by atoms with E-state index in [2.05, 4.69) is 31.0 Å². The summed E-state index contributed by atoms with van der Waals surface area (Å²) in [7, 11) is 0. The smallest absolute Gasteiger partial charge is 0.323 e. The standard InChI is InChI=1S/C19H24N10O.ClH/c1-11(26-28-17(20)21)13-5-3-7-15(9-13)24-19(30)25-16-8-4-6-14(10-16)12(2)27-29-18(22)23;/h3-10H,1-2H3,(H4,20,21,28)(H4,22,23,29)(H2,24,25,30);1H/b26-11-,27-12-;. The Kier molecular flexibility index (Phi) is 9.47. The molecule has 31 heavy (non-hydrogen) atoms. The van der Waals surface area contributed by atoms with Crippen LogP contribution >= 0.6 is 12.4 Å². The summed E-state index contributed by atoms with van der Waals surface area (Å²) in [6.07, 6.45) is 0. The Morgan fingerprint density at radius 1 is 0.710 bits per heavy atom. The number of rotatable bonds is 6. The molecule has 0 aliphatic heterocycles. The first-order chi connectivity index (χ1) is 14.2. The van der Waals surface area contributed by atoms with Gasteiger partial charge >= 0.3 is 6.03 Å². The van der Waals surface area contributed by atoms with E-state index in [-0.39, 0.29) is 24.3 Å². The molecule has 0 aromatic heterocycles. The molecule has 0 heterocycles. The zero-order valence-electron chi connectivity index (χ0n) is 17.0. The molecule has 11 nitrogen and oxygen atoms in total. The Labute approximate surface area is 185 Å². The first kappa shape index (κ1) is 24.9. The molecule has 0 aliphatic rings. The number of nitrogens with one attached hydrogen (secondary N) is 2. The van der Waals surface area contributed by atoms with Gasteiger partial charge in [-0.2, -0.15) is 10.2 Å². The summed E-state index contributed by atoms with van der Waals surface area (Å²) in [5.74, 6) is -0.271. The zero-order valence-corrected chi connectivity index (χ0v) is 17.9. The highest BCUT2D eigenvalue weighted by atomic mass is 35.5. The van der Waals surface area contributed by atoms with E-state index in [0.717, 1.165) is 11.1 Å². The summed E-state index contributed by atoms with van der Waals surface area (Å²) in [5, 5.41) is 20.6. The number of anilines is 2. The predicted octanol–water partition coefficient (Wildman–Crippen LogP) is 1.75. The van der Waals surface area contributed by atoms with Gasteiger partial charge in [0.25, 0.3) is 0 Å². The lowest BCUT2D eigenvalue weighted by Crippen LogP contribution is -2.22. The Balaban J connectivity index is 0.00000480. The van der Waals surface area contributed by atoms with E-state index in [1.54, 1.807) is 50.2 Å². The second-order valence-electron chi connectivity index (χ2n) is 6.16. The average Bonchev–Trinajstić information content (AvgIpc) is 2.70. The number of carbonyl (C=O) groups is 1. The summed E-state index contributed by atoms with van der Waals surface area (Å²) in [5.41, 5.74) is 25.0. The fraction of sp³-hybridized carbons (Fsp3) is 0.105. The molecule has 0 bridgehead atoms. The highest BCUT2D eigenvalue weighted by molar-refractivity contribution is 6.04. The third-order valence-corrected chi connectivity index (χ3v) is 3.71. The molecule has 0 saturated carbocycles. The Morgan fingerprint density at radius 2 is 1.10 bits per heavy atom. The van der Waals surface area contributed by atoms with Gasteiger partial charge in [-0.05, 0) is 49.2 Å². The van der Waals surface area contributed by atoms with Gasteiger partial charge < -0.3 is 33.6 Å². The van der Waals surface area contributed by atoms with Crippen LogP contribution in [0.2, 0.25) is 0 Å². The van der Waals surface area contributed by atoms with Crippen LogP contribution in [-0.2, 0) is 0 Å². The molecule has 12 heteroatoms. The van der Waals surface area contributed by atoms with Crippen molar-refractivity contribution in [1.29, 1.82) is 0 Å². The van der Waals surface area contributed by atoms with Crippen LogP contribution in [0.1, 0.15) is 25.0 Å². The third kappa shape index (κ3) is 8.41. The molecule has 164 valence electrons. The maximum absolute atomic E-state index is 12.4. The maximum atomic E-state index is 12.4. The van der Waals surface area contributed by atoms with Crippen LogP contribution in [0, 0.1) is 0 Å². The molecule has 0 fully saturated rings. The monoisotopic (exact) mass is 444 g/mol. The molecule has 0 atom stereocenters. The maximum Gasteiger partial charge on any atom is 0.323 e. The van der Waals surface area contributed by atoms with Gasteiger partial charge in [-0.3, -0.25) is 0 Å². The summed E-state index contributed by atoms with van der Waals surface area (Å²) >= 11 is 0. The molecule has 0 saturated heterocycles. The molecular formula is C19H25ClN10O. The van der Waals surface area contributed by atoms with Gasteiger partial charge in [0.1, 0.15) is 0 Å². The Hall–Kier alpha value is -4.12.